The van der Waals surface area contributed by atoms with E-state index in [1.165, 1.54) is 0 Å². The van der Waals surface area contributed by atoms with Gasteiger partial charge in [0.05, 0.1) is 13.5 Å². The normalized spacial score (nSPS) is 15.8. The van der Waals surface area contributed by atoms with E-state index in [-0.39, 0.29) is 17.9 Å². The summed E-state index contributed by atoms with van der Waals surface area (Å²) in [4.78, 5) is 12.0. The molecule has 1 amide bonds. The van der Waals surface area contributed by atoms with Crippen LogP contribution in [-0.2, 0) is 11.2 Å². The molecule has 1 aliphatic carbocycles. The molecule has 110 valence electrons. The topological polar surface area (TPSA) is 58.6 Å². The highest BCUT2D eigenvalue weighted by atomic mass is 16.5. The molecule has 0 aliphatic heterocycles. The second-order valence-electron chi connectivity index (χ2n) is 5.73. The van der Waals surface area contributed by atoms with Crippen molar-refractivity contribution < 1.29 is 14.6 Å². The Hall–Kier alpha value is -1.55. The van der Waals surface area contributed by atoms with Crippen LogP contribution < -0.4 is 10.1 Å². The van der Waals surface area contributed by atoms with E-state index in [4.69, 9.17) is 9.84 Å². The lowest BCUT2D eigenvalue weighted by molar-refractivity contribution is -0.120. The molecule has 4 heteroatoms. The Morgan fingerprint density at radius 3 is 2.80 bits per heavy atom. The molecular formula is C16H23NO3. The summed E-state index contributed by atoms with van der Waals surface area (Å²) < 4.78 is 5.26. The van der Waals surface area contributed by atoms with Crippen molar-refractivity contribution in [2.75, 3.05) is 20.3 Å². The van der Waals surface area contributed by atoms with Crippen LogP contribution in [-0.4, -0.2) is 31.3 Å². The summed E-state index contributed by atoms with van der Waals surface area (Å²) in [6, 6.07) is 5.84. The van der Waals surface area contributed by atoms with Gasteiger partial charge in [0.1, 0.15) is 5.75 Å². The standard InChI is InChI=1S/C16H23NO3/c1-12-3-4-13(9-14(12)20-2)10-15(19)17-11-16(5-6-16)7-8-18/h3-4,9,18H,5-8,10-11H2,1-2H3,(H,17,19). The number of carbonyl (C=O) groups excluding carboxylic acids is 1. The van der Waals surface area contributed by atoms with Crippen LogP contribution >= 0.6 is 0 Å². The Kier molecular flexibility index (Phi) is 4.65. The van der Waals surface area contributed by atoms with E-state index >= 15 is 0 Å². The molecule has 0 heterocycles. The minimum Gasteiger partial charge on any atom is -0.496 e. The third-order valence-corrected chi connectivity index (χ3v) is 4.10. The van der Waals surface area contributed by atoms with Crippen LogP contribution in [0.4, 0.5) is 0 Å². The van der Waals surface area contributed by atoms with Gasteiger partial charge in [0.15, 0.2) is 0 Å². The first kappa shape index (κ1) is 14.9. The largest absolute Gasteiger partial charge is 0.496 e. The summed E-state index contributed by atoms with van der Waals surface area (Å²) in [5, 5.41) is 12.0. The van der Waals surface area contributed by atoms with Crippen molar-refractivity contribution in [1.82, 2.24) is 5.32 Å². The van der Waals surface area contributed by atoms with Gasteiger partial charge in [-0.2, -0.15) is 0 Å². The van der Waals surface area contributed by atoms with Gasteiger partial charge in [-0.15, -0.1) is 0 Å². The Morgan fingerprint density at radius 1 is 1.45 bits per heavy atom. The molecule has 1 saturated carbocycles. The molecule has 20 heavy (non-hydrogen) atoms. The molecule has 1 fully saturated rings. The lowest BCUT2D eigenvalue weighted by Gasteiger charge is -2.14. The Morgan fingerprint density at radius 2 is 2.20 bits per heavy atom. The van der Waals surface area contributed by atoms with Crippen LogP contribution in [0.25, 0.3) is 0 Å². The second-order valence-corrected chi connectivity index (χ2v) is 5.73. The van der Waals surface area contributed by atoms with Crippen LogP contribution in [0.3, 0.4) is 0 Å². The average molecular weight is 277 g/mol. The van der Waals surface area contributed by atoms with Gasteiger partial charge in [0.2, 0.25) is 5.91 Å². The van der Waals surface area contributed by atoms with Crippen molar-refractivity contribution in [3.8, 4) is 5.75 Å². The fraction of sp³-hybridized carbons (Fsp3) is 0.562. The number of nitrogens with one attached hydrogen (secondary N) is 1. The summed E-state index contributed by atoms with van der Waals surface area (Å²) in [5.74, 6) is 0.842. The molecule has 0 spiro atoms. The molecule has 0 saturated heterocycles. The molecule has 0 unspecified atom stereocenters. The van der Waals surface area contributed by atoms with Crippen LogP contribution in [0.2, 0.25) is 0 Å². The van der Waals surface area contributed by atoms with Crippen LogP contribution in [0.5, 0.6) is 5.75 Å². The van der Waals surface area contributed by atoms with Gasteiger partial charge in [-0.05, 0) is 48.8 Å². The number of aryl methyl sites for hydroxylation is 1. The van der Waals surface area contributed by atoms with Gasteiger partial charge in [0, 0.05) is 13.2 Å². The first-order valence-corrected chi connectivity index (χ1v) is 7.10. The second kappa shape index (κ2) is 6.27. The molecule has 4 nitrogen and oxygen atoms in total. The minimum atomic E-state index is 0.0279. The number of hydrogen-bond donors (Lipinski definition) is 2. The first-order valence-electron chi connectivity index (χ1n) is 7.10. The minimum absolute atomic E-state index is 0.0279. The van der Waals surface area contributed by atoms with Crippen molar-refractivity contribution in [3.63, 3.8) is 0 Å². The van der Waals surface area contributed by atoms with Crippen LogP contribution in [0.15, 0.2) is 18.2 Å². The van der Waals surface area contributed by atoms with Crippen molar-refractivity contribution in [3.05, 3.63) is 29.3 Å². The highest BCUT2D eigenvalue weighted by Gasteiger charge is 2.41. The SMILES string of the molecule is COc1cc(CC(=O)NCC2(CCO)CC2)ccc1C. The number of aliphatic hydroxyl groups excluding tert-OH is 1. The zero-order chi connectivity index (χ0) is 14.6. The van der Waals surface area contributed by atoms with E-state index < -0.39 is 0 Å². The monoisotopic (exact) mass is 277 g/mol. The number of amides is 1. The number of methoxy groups -OCH3 is 1. The summed E-state index contributed by atoms with van der Waals surface area (Å²) in [6.45, 7) is 2.86. The highest BCUT2D eigenvalue weighted by molar-refractivity contribution is 5.78. The van der Waals surface area contributed by atoms with E-state index in [1.807, 2.05) is 25.1 Å². The van der Waals surface area contributed by atoms with Crippen LogP contribution in [0.1, 0.15) is 30.4 Å². The molecule has 0 bridgehead atoms. The Bertz CT molecular complexity index is 481. The summed E-state index contributed by atoms with van der Waals surface area (Å²) in [5.41, 5.74) is 2.18. The zero-order valence-corrected chi connectivity index (χ0v) is 12.2. The summed E-state index contributed by atoms with van der Waals surface area (Å²) in [6.07, 6.45) is 3.36. The number of hydrogen-bond acceptors (Lipinski definition) is 3. The lowest BCUT2D eigenvalue weighted by atomic mass is 10.0. The van der Waals surface area contributed by atoms with Crippen LogP contribution in [0, 0.1) is 12.3 Å². The molecule has 1 aromatic rings. The van der Waals surface area contributed by atoms with E-state index in [0.717, 1.165) is 36.1 Å². The van der Waals surface area contributed by atoms with Crippen molar-refractivity contribution >= 4 is 5.91 Å². The smallest absolute Gasteiger partial charge is 0.224 e. The lowest BCUT2D eigenvalue weighted by Crippen LogP contribution is -2.31. The van der Waals surface area contributed by atoms with E-state index in [2.05, 4.69) is 5.32 Å². The number of aliphatic hydroxyl groups is 1. The maximum atomic E-state index is 12.0. The third kappa shape index (κ3) is 3.73. The van der Waals surface area contributed by atoms with Gasteiger partial charge in [-0.1, -0.05) is 12.1 Å². The average Bonchev–Trinajstić information content (AvgIpc) is 3.19. The predicted octanol–water partition coefficient (Wildman–Crippen LogP) is 1.82. The predicted molar refractivity (Wildman–Crippen MR) is 77.8 cm³/mol. The molecule has 2 N–H and O–H groups in total. The number of rotatable bonds is 7. The zero-order valence-electron chi connectivity index (χ0n) is 12.2. The van der Waals surface area contributed by atoms with Crippen molar-refractivity contribution in [2.45, 2.75) is 32.6 Å². The van der Waals surface area contributed by atoms with E-state index in [0.29, 0.717) is 13.0 Å². The van der Waals surface area contributed by atoms with E-state index in [1.54, 1.807) is 7.11 Å². The number of carbonyl (C=O) groups is 1. The molecule has 1 aromatic carbocycles. The van der Waals surface area contributed by atoms with Gasteiger partial charge in [0.25, 0.3) is 0 Å². The molecule has 0 atom stereocenters. The van der Waals surface area contributed by atoms with Crippen molar-refractivity contribution in [2.24, 2.45) is 5.41 Å². The Balaban J connectivity index is 1.85. The fourth-order valence-corrected chi connectivity index (χ4v) is 2.44. The quantitative estimate of drug-likeness (QED) is 0.799. The molecule has 0 aromatic heterocycles. The van der Waals surface area contributed by atoms with Gasteiger partial charge in [-0.25, -0.2) is 0 Å². The number of ether oxygens (including phenoxy) is 1. The van der Waals surface area contributed by atoms with Crippen molar-refractivity contribution in [1.29, 1.82) is 0 Å². The fourth-order valence-electron chi connectivity index (χ4n) is 2.44. The third-order valence-electron chi connectivity index (χ3n) is 4.10. The van der Waals surface area contributed by atoms with Gasteiger partial charge in [-0.3, -0.25) is 4.79 Å². The highest BCUT2D eigenvalue weighted by Crippen LogP contribution is 2.47. The molecule has 1 aliphatic rings. The number of benzene rings is 1. The first-order chi connectivity index (χ1) is 9.58. The maximum absolute atomic E-state index is 12.0. The van der Waals surface area contributed by atoms with E-state index in [9.17, 15) is 4.79 Å². The molecular weight excluding hydrogens is 254 g/mol. The van der Waals surface area contributed by atoms with Gasteiger partial charge < -0.3 is 15.2 Å². The summed E-state index contributed by atoms with van der Waals surface area (Å²) in [7, 11) is 1.64. The summed E-state index contributed by atoms with van der Waals surface area (Å²) >= 11 is 0. The Labute approximate surface area is 120 Å². The van der Waals surface area contributed by atoms with Gasteiger partial charge >= 0.3 is 0 Å². The maximum Gasteiger partial charge on any atom is 0.224 e. The molecule has 2 rings (SSSR count). The molecule has 0 radical (unpaired) electrons.